The molecule has 1 aromatic heterocycles. The van der Waals surface area contributed by atoms with Crippen LogP contribution in [0.15, 0.2) is 41.7 Å². The van der Waals surface area contributed by atoms with Gasteiger partial charge in [-0.3, -0.25) is 4.99 Å². The van der Waals surface area contributed by atoms with Gasteiger partial charge >= 0.3 is 6.18 Å². The molecule has 2 unspecified atom stereocenters. The van der Waals surface area contributed by atoms with E-state index in [0.29, 0.717) is 17.5 Å². The number of benzene rings is 1. The van der Waals surface area contributed by atoms with Crippen LogP contribution < -0.4 is 10.6 Å². The lowest BCUT2D eigenvalue weighted by Gasteiger charge is -2.29. The molecular weight excluding hydrogens is 407 g/mol. The van der Waals surface area contributed by atoms with E-state index in [-0.39, 0.29) is 12.6 Å². The molecule has 2 rings (SSSR count). The first-order chi connectivity index (χ1) is 13.6. The highest BCUT2D eigenvalue weighted by molar-refractivity contribution is 6.31. The quantitative estimate of drug-likeness (QED) is 0.463. The number of guanidine groups is 1. The summed E-state index contributed by atoms with van der Waals surface area (Å²) in [6.45, 7) is 3.96. The van der Waals surface area contributed by atoms with Crippen molar-refractivity contribution in [2.75, 3.05) is 13.1 Å². The van der Waals surface area contributed by atoms with E-state index < -0.39 is 24.0 Å². The van der Waals surface area contributed by atoms with E-state index in [1.54, 1.807) is 6.07 Å². The molecule has 10 heteroatoms. The lowest BCUT2D eigenvalue weighted by molar-refractivity contribution is -0.272. The molecule has 2 aromatic rings. The van der Waals surface area contributed by atoms with Crippen LogP contribution in [-0.4, -0.2) is 39.9 Å². The van der Waals surface area contributed by atoms with Crippen molar-refractivity contribution in [1.29, 1.82) is 0 Å². The number of aliphatic imine (C=N–C) groups is 1. The minimum Gasteiger partial charge on any atom is -0.374 e. The summed E-state index contributed by atoms with van der Waals surface area (Å²) in [5, 5.41) is 17.1. The van der Waals surface area contributed by atoms with Crippen LogP contribution in [0.4, 0.5) is 13.2 Å². The molecule has 0 bridgehead atoms. The minimum atomic E-state index is -4.89. The Morgan fingerprint density at radius 3 is 2.59 bits per heavy atom. The summed E-state index contributed by atoms with van der Waals surface area (Å²) in [7, 11) is 1.40. The van der Waals surface area contributed by atoms with Gasteiger partial charge in [-0.15, -0.1) is 0 Å². The molecule has 0 spiro atoms. The zero-order chi connectivity index (χ0) is 21.7. The molecule has 1 heterocycles. The Labute approximate surface area is 172 Å². The normalized spacial score (nSPS) is 15.7. The van der Waals surface area contributed by atoms with Crippen LogP contribution in [0.2, 0.25) is 5.02 Å². The number of imidazole rings is 1. The number of hydrogen-bond donors (Lipinski definition) is 3. The van der Waals surface area contributed by atoms with Gasteiger partial charge in [0.2, 0.25) is 5.60 Å². The third-order valence-corrected chi connectivity index (χ3v) is 4.82. The van der Waals surface area contributed by atoms with Crippen molar-refractivity contribution in [3.05, 3.63) is 53.1 Å². The number of halogens is 4. The fourth-order valence-electron chi connectivity index (χ4n) is 2.90. The third kappa shape index (κ3) is 5.42. The highest BCUT2D eigenvalue weighted by atomic mass is 35.5. The van der Waals surface area contributed by atoms with Crippen LogP contribution in [0.3, 0.4) is 0 Å². The SMILES string of the molecule is CCNC(=NCCC(O)(c1nccn1C)C(F)(F)F)NC(C)c1ccccc1Cl. The molecule has 0 amide bonds. The molecule has 0 saturated heterocycles. The van der Waals surface area contributed by atoms with Gasteiger partial charge in [-0.1, -0.05) is 29.8 Å². The van der Waals surface area contributed by atoms with Crippen LogP contribution in [0.1, 0.15) is 37.7 Å². The molecular formula is C19H25ClF3N5O. The highest BCUT2D eigenvalue weighted by Gasteiger charge is 2.57. The molecule has 3 N–H and O–H groups in total. The average molecular weight is 432 g/mol. The first kappa shape index (κ1) is 23.0. The van der Waals surface area contributed by atoms with Gasteiger partial charge < -0.3 is 20.3 Å². The van der Waals surface area contributed by atoms with E-state index in [2.05, 4.69) is 20.6 Å². The van der Waals surface area contributed by atoms with E-state index in [1.807, 2.05) is 32.0 Å². The number of aryl methyl sites for hydroxylation is 1. The van der Waals surface area contributed by atoms with Gasteiger partial charge in [-0.05, 0) is 25.5 Å². The van der Waals surface area contributed by atoms with Crippen molar-refractivity contribution in [1.82, 2.24) is 20.2 Å². The molecule has 0 aliphatic rings. The second-order valence-corrected chi connectivity index (χ2v) is 7.03. The summed E-state index contributed by atoms with van der Waals surface area (Å²) in [6.07, 6.45) is -2.99. The number of aliphatic hydroxyl groups is 1. The molecule has 0 aliphatic carbocycles. The number of alkyl halides is 3. The third-order valence-electron chi connectivity index (χ3n) is 4.47. The van der Waals surface area contributed by atoms with E-state index >= 15 is 0 Å². The van der Waals surface area contributed by atoms with E-state index in [1.165, 1.54) is 19.4 Å². The molecule has 0 aliphatic heterocycles. The second-order valence-electron chi connectivity index (χ2n) is 6.62. The van der Waals surface area contributed by atoms with E-state index in [0.717, 1.165) is 10.1 Å². The van der Waals surface area contributed by atoms with Gasteiger partial charge in [0, 0.05) is 44.0 Å². The van der Waals surface area contributed by atoms with Gasteiger partial charge in [0.15, 0.2) is 5.96 Å². The predicted molar refractivity (Wildman–Crippen MR) is 107 cm³/mol. The Balaban J connectivity index is 2.16. The maximum atomic E-state index is 13.6. The number of hydrogen-bond acceptors (Lipinski definition) is 3. The smallest absolute Gasteiger partial charge is 0.374 e. The lowest BCUT2D eigenvalue weighted by atomic mass is 9.98. The van der Waals surface area contributed by atoms with E-state index in [9.17, 15) is 18.3 Å². The maximum Gasteiger partial charge on any atom is 0.424 e. The Bertz CT molecular complexity index is 839. The van der Waals surface area contributed by atoms with Gasteiger partial charge in [-0.2, -0.15) is 13.2 Å². The van der Waals surface area contributed by atoms with Gasteiger partial charge in [0.25, 0.3) is 0 Å². The summed E-state index contributed by atoms with van der Waals surface area (Å²) in [6, 6.07) is 7.05. The topological polar surface area (TPSA) is 74.5 Å². The lowest BCUT2D eigenvalue weighted by Crippen LogP contribution is -2.45. The second kappa shape index (κ2) is 9.49. The number of rotatable bonds is 7. The van der Waals surface area contributed by atoms with Crippen molar-refractivity contribution < 1.29 is 18.3 Å². The Kier molecular flexibility index (Phi) is 7.54. The molecule has 6 nitrogen and oxygen atoms in total. The van der Waals surface area contributed by atoms with E-state index in [4.69, 9.17) is 11.6 Å². The Morgan fingerprint density at radius 2 is 2.03 bits per heavy atom. The molecule has 29 heavy (non-hydrogen) atoms. The van der Waals surface area contributed by atoms with Gasteiger partial charge in [-0.25, -0.2) is 4.98 Å². The van der Waals surface area contributed by atoms with Crippen molar-refractivity contribution in [3.8, 4) is 0 Å². The summed E-state index contributed by atoms with van der Waals surface area (Å²) in [5.74, 6) is -0.146. The minimum absolute atomic E-state index is 0.224. The van der Waals surface area contributed by atoms with Crippen LogP contribution in [0, 0.1) is 0 Å². The molecule has 0 saturated carbocycles. The average Bonchev–Trinajstić information content (AvgIpc) is 3.07. The zero-order valence-electron chi connectivity index (χ0n) is 16.5. The number of nitrogens with one attached hydrogen (secondary N) is 2. The Hall–Kier alpha value is -2.26. The monoisotopic (exact) mass is 431 g/mol. The van der Waals surface area contributed by atoms with Crippen LogP contribution in [0.25, 0.3) is 0 Å². The molecule has 160 valence electrons. The summed E-state index contributed by atoms with van der Waals surface area (Å²) in [4.78, 5) is 7.89. The maximum absolute atomic E-state index is 13.6. The molecule has 1 aromatic carbocycles. The van der Waals surface area contributed by atoms with Crippen molar-refractivity contribution >= 4 is 17.6 Å². The summed E-state index contributed by atoms with van der Waals surface area (Å²) < 4.78 is 41.9. The fraction of sp³-hybridized carbons (Fsp3) is 0.474. The van der Waals surface area contributed by atoms with Crippen LogP contribution in [-0.2, 0) is 12.6 Å². The highest BCUT2D eigenvalue weighted by Crippen LogP contribution is 2.40. The summed E-state index contributed by atoms with van der Waals surface area (Å²) in [5.41, 5.74) is -2.26. The van der Waals surface area contributed by atoms with Gasteiger partial charge in [0.05, 0.1) is 6.04 Å². The summed E-state index contributed by atoms with van der Waals surface area (Å²) >= 11 is 6.20. The van der Waals surface area contributed by atoms with Crippen LogP contribution in [0.5, 0.6) is 0 Å². The van der Waals surface area contributed by atoms with Crippen molar-refractivity contribution in [2.45, 2.75) is 38.1 Å². The van der Waals surface area contributed by atoms with Crippen molar-refractivity contribution in [3.63, 3.8) is 0 Å². The fourth-order valence-corrected chi connectivity index (χ4v) is 3.20. The van der Waals surface area contributed by atoms with Gasteiger partial charge in [0.1, 0.15) is 5.82 Å². The Morgan fingerprint density at radius 1 is 1.34 bits per heavy atom. The zero-order valence-corrected chi connectivity index (χ0v) is 17.2. The molecule has 0 radical (unpaired) electrons. The molecule has 2 atom stereocenters. The molecule has 0 fully saturated rings. The largest absolute Gasteiger partial charge is 0.424 e. The first-order valence-corrected chi connectivity index (χ1v) is 9.54. The van der Waals surface area contributed by atoms with Crippen molar-refractivity contribution in [2.24, 2.45) is 12.0 Å². The number of nitrogens with zero attached hydrogens (tertiary/aromatic N) is 3. The number of aromatic nitrogens is 2. The standard InChI is InChI=1S/C19H25ClF3N5O/c1-4-24-17(27-13(2)14-7-5-6-8-15(14)20)26-10-9-18(29,19(21,22)23)16-25-11-12-28(16)3/h5-8,11-13,29H,4,9-10H2,1-3H3,(H2,24,26,27). The first-order valence-electron chi connectivity index (χ1n) is 9.16. The predicted octanol–water partition coefficient (Wildman–Crippen LogP) is 3.53. The van der Waals surface area contributed by atoms with Crippen LogP contribution >= 0.6 is 11.6 Å².